The number of rotatable bonds is 4. The molecule has 7 heteroatoms. The molecule has 0 spiro atoms. The Morgan fingerprint density at radius 1 is 1.29 bits per heavy atom. The second kappa shape index (κ2) is 6.01. The van der Waals surface area contributed by atoms with Crippen LogP contribution in [0.25, 0.3) is 0 Å². The Labute approximate surface area is 125 Å². The first-order chi connectivity index (χ1) is 9.91. The molecule has 0 aliphatic heterocycles. The Balaban J connectivity index is 2.08. The normalized spacial score (nSPS) is 10.6. The minimum atomic E-state index is -0.838. The van der Waals surface area contributed by atoms with Crippen LogP contribution in [0.3, 0.4) is 0 Å². The molecule has 0 aliphatic rings. The van der Waals surface area contributed by atoms with E-state index in [0.717, 1.165) is 16.6 Å². The molecule has 2 rings (SSSR count). The number of esters is 1. The van der Waals surface area contributed by atoms with Crippen LogP contribution >= 0.6 is 11.3 Å². The third-order valence-corrected chi connectivity index (χ3v) is 4.11. The Morgan fingerprint density at radius 3 is 2.62 bits per heavy atom. The van der Waals surface area contributed by atoms with Crippen molar-refractivity contribution in [2.24, 2.45) is 0 Å². The third kappa shape index (κ3) is 3.08. The summed E-state index contributed by atoms with van der Waals surface area (Å²) in [6, 6.07) is 0.999. The van der Waals surface area contributed by atoms with Gasteiger partial charge in [0.2, 0.25) is 0 Å². The van der Waals surface area contributed by atoms with E-state index in [-0.39, 0.29) is 23.5 Å². The van der Waals surface area contributed by atoms with E-state index >= 15 is 0 Å². The van der Waals surface area contributed by atoms with Gasteiger partial charge < -0.3 is 20.1 Å². The molecule has 3 N–H and O–H groups in total. The van der Waals surface area contributed by atoms with E-state index in [1.54, 1.807) is 5.51 Å². The van der Waals surface area contributed by atoms with Crippen LogP contribution in [0.1, 0.15) is 26.5 Å². The highest BCUT2D eigenvalue weighted by Crippen LogP contribution is 2.37. The maximum absolute atomic E-state index is 11.9. The molecule has 0 saturated carbocycles. The molecule has 1 aromatic carbocycles. The largest absolute Gasteiger partial charge is 0.507 e. The highest BCUT2D eigenvalue weighted by molar-refractivity contribution is 7.09. The second-order valence-electron chi connectivity index (χ2n) is 4.51. The molecule has 6 nitrogen and oxygen atoms in total. The molecule has 2 aromatic rings. The lowest BCUT2D eigenvalue weighted by Crippen LogP contribution is -2.09. The SMILES string of the molecule is Cc1ncsc1CCOC(=O)c1c(O)cc(O)c(C)c1O. The average molecular weight is 309 g/mol. The van der Waals surface area contributed by atoms with Crippen molar-refractivity contribution in [3.63, 3.8) is 0 Å². The summed E-state index contributed by atoms with van der Waals surface area (Å²) in [6.07, 6.45) is 0.515. The number of aromatic nitrogens is 1. The first-order valence-corrected chi connectivity index (χ1v) is 7.10. The monoisotopic (exact) mass is 309 g/mol. The number of phenols is 3. The maximum Gasteiger partial charge on any atom is 0.345 e. The third-order valence-electron chi connectivity index (χ3n) is 3.12. The van der Waals surface area contributed by atoms with Crippen molar-refractivity contribution < 1.29 is 24.9 Å². The van der Waals surface area contributed by atoms with Gasteiger partial charge in [-0.05, 0) is 13.8 Å². The Morgan fingerprint density at radius 2 is 2.00 bits per heavy atom. The number of nitrogens with zero attached hydrogens (tertiary/aromatic N) is 1. The molecule has 112 valence electrons. The van der Waals surface area contributed by atoms with Crippen molar-refractivity contribution in [1.29, 1.82) is 0 Å². The standard InChI is InChI=1S/C14H15NO5S/c1-7-9(16)5-10(17)12(13(7)18)14(19)20-4-3-11-8(2)15-6-21-11/h5-6,16-18H,3-4H2,1-2H3. The smallest absolute Gasteiger partial charge is 0.345 e. The van der Waals surface area contributed by atoms with Gasteiger partial charge in [0.05, 0.1) is 17.8 Å². The van der Waals surface area contributed by atoms with Gasteiger partial charge in [0, 0.05) is 22.9 Å². The van der Waals surface area contributed by atoms with E-state index in [0.29, 0.717) is 6.42 Å². The van der Waals surface area contributed by atoms with Gasteiger partial charge >= 0.3 is 5.97 Å². The first-order valence-electron chi connectivity index (χ1n) is 6.22. The fourth-order valence-electron chi connectivity index (χ4n) is 1.82. The minimum Gasteiger partial charge on any atom is -0.507 e. The average Bonchev–Trinajstić information content (AvgIpc) is 2.82. The molecule has 0 saturated heterocycles. The van der Waals surface area contributed by atoms with Crippen molar-refractivity contribution in [3.05, 3.63) is 33.3 Å². The maximum atomic E-state index is 11.9. The van der Waals surface area contributed by atoms with E-state index in [1.165, 1.54) is 18.3 Å². The van der Waals surface area contributed by atoms with E-state index in [1.807, 2.05) is 6.92 Å². The number of hydrogen-bond donors (Lipinski definition) is 3. The number of thiazole rings is 1. The molecule has 0 fully saturated rings. The first kappa shape index (κ1) is 15.1. The molecule has 0 atom stereocenters. The highest BCUT2D eigenvalue weighted by Gasteiger charge is 2.22. The van der Waals surface area contributed by atoms with E-state index < -0.39 is 17.5 Å². The number of carbonyl (C=O) groups is 1. The molecule has 0 aliphatic carbocycles. The van der Waals surface area contributed by atoms with Crippen LogP contribution in [0.5, 0.6) is 17.2 Å². The molecular weight excluding hydrogens is 294 g/mol. The van der Waals surface area contributed by atoms with Crippen LogP contribution in [-0.4, -0.2) is 32.9 Å². The van der Waals surface area contributed by atoms with Gasteiger partial charge in [-0.25, -0.2) is 9.78 Å². The van der Waals surface area contributed by atoms with Gasteiger partial charge in [0.1, 0.15) is 22.8 Å². The summed E-state index contributed by atoms with van der Waals surface area (Å²) in [5.74, 6) is -2.13. The number of carbonyl (C=O) groups excluding carboxylic acids is 1. The molecule has 0 amide bonds. The number of aromatic hydroxyl groups is 3. The van der Waals surface area contributed by atoms with Crippen molar-refractivity contribution >= 4 is 17.3 Å². The van der Waals surface area contributed by atoms with E-state index in [9.17, 15) is 20.1 Å². The summed E-state index contributed by atoms with van der Waals surface area (Å²) in [7, 11) is 0. The van der Waals surface area contributed by atoms with Gasteiger partial charge in [-0.3, -0.25) is 0 Å². The minimum absolute atomic E-state index is 0.109. The zero-order valence-corrected chi connectivity index (χ0v) is 12.4. The summed E-state index contributed by atoms with van der Waals surface area (Å²) in [5.41, 5.74) is 2.37. The number of hydrogen-bond acceptors (Lipinski definition) is 7. The Bertz CT molecular complexity index is 680. The Kier molecular flexibility index (Phi) is 4.32. The number of phenolic OH excluding ortho intramolecular Hbond substituents is 3. The van der Waals surface area contributed by atoms with Gasteiger partial charge in [-0.2, -0.15) is 0 Å². The zero-order chi connectivity index (χ0) is 15.6. The summed E-state index contributed by atoms with van der Waals surface area (Å²) >= 11 is 1.47. The number of ether oxygens (including phenoxy) is 1. The molecule has 1 aromatic heterocycles. The molecule has 0 radical (unpaired) electrons. The molecule has 21 heavy (non-hydrogen) atoms. The number of aryl methyl sites for hydroxylation is 1. The van der Waals surface area contributed by atoms with E-state index in [4.69, 9.17) is 4.74 Å². The van der Waals surface area contributed by atoms with Gasteiger partial charge in [0.15, 0.2) is 0 Å². The van der Waals surface area contributed by atoms with Gasteiger partial charge in [0.25, 0.3) is 0 Å². The molecule has 1 heterocycles. The van der Waals surface area contributed by atoms with Gasteiger partial charge in [-0.1, -0.05) is 0 Å². The summed E-state index contributed by atoms with van der Waals surface area (Å²) < 4.78 is 5.05. The fraction of sp³-hybridized carbons (Fsp3) is 0.286. The van der Waals surface area contributed by atoms with Crippen molar-refractivity contribution in [2.45, 2.75) is 20.3 Å². The highest BCUT2D eigenvalue weighted by atomic mass is 32.1. The van der Waals surface area contributed by atoms with Crippen molar-refractivity contribution in [1.82, 2.24) is 4.98 Å². The van der Waals surface area contributed by atoms with Crippen LogP contribution in [0.15, 0.2) is 11.6 Å². The molecule has 0 unspecified atom stereocenters. The summed E-state index contributed by atoms with van der Waals surface area (Å²) in [5, 5.41) is 28.9. The van der Waals surface area contributed by atoms with Gasteiger partial charge in [-0.15, -0.1) is 11.3 Å². The Hall–Kier alpha value is -2.28. The van der Waals surface area contributed by atoms with Crippen LogP contribution in [0.4, 0.5) is 0 Å². The van der Waals surface area contributed by atoms with Crippen LogP contribution in [0, 0.1) is 13.8 Å². The topological polar surface area (TPSA) is 99.9 Å². The fourth-order valence-corrected chi connectivity index (χ4v) is 2.58. The quantitative estimate of drug-likeness (QED) is 0.749. The lowest BCUT2D eigenvalue weighted by molar-refractivity contribution is 0.0503. The summed E-state index contributed by atoms with van der Waals surface area (Å²) in [4.78, 5) is 17.0. The lowest BCUT2D eigenvalue weighted by Gasteiger charge is -2.10. The zero-order valence-electron chi connectivity index (χ0n) is 11.6. The lowest BCUT2D eigenvalue weighted by atomic mass is 10.1. The van der Waals surface area contributed by atoms with Crippen LogP contribution in [0.2, 0.25) is 0 Å². The molecule has 0 bridgehead atoms. The van der Waals surface area contributed by atoms with E-state index in [2.05, 4.69) is 4.98 Å². The summed E-state index contributed by atoms with van der Waals surface area (Å²) in [6.45, 7) is 3.41. The van der Waals surface area contributed by atoms with Crippen LogP contribution < -0.4 is 0 Å². The van der Waals surface area contributed by atoms with Crippen LogP contribution in [-0.2, 0) is 11.2 Å². The van der Waals surface area contributed by atoms with Crippen molar-refractivity contribution in [3.8, 4) is 17.2 Å². The number of benzene rings is 1. The second-order valence-corrected chi connectivity index (χ2v) is 5.45. The van der Waals surface area contributed by atoms with Crippen molar-refractivity contribution in [2.75, 3.05) is 6.61 Å². The molecular formula is C14H15NO5S. The predicted molar refractivity (Wildman–Crippen MR) is 77.0 cm³/mol. The predicted octanol–water partition coefficient (Wildman–Crippen LogP) is 2.28.